The van der Waals surface area contributed by atoms with Gasteiger partial charge in [0.25, 0.3) is 0 Å². The summed E-state index contributed by atoms with van der Waals surface area (Å²) in [5, 5.41) is 19.0. The van der Waals surface area contributed by atoms with Crippen LogP contribution in [-0.4, -0.2) is 39.4 Å². The molecule has 0 bridgehead atoms. The van der Waals surface area contributed by atoms with Crippen LogP contribution in [0.5, 0.6) is 11.5 Å². The Bertz CT molecular complexity index is 1020. The smallest absolute Gasteiger partial charge is 0.350 e. The molecular formula is C20H16N2O6S4. The molecule has 0 saturated heterocycles. The summed E-state index contributed by atoms with van der Waals surface area (Å²) in [4.78, 5) is 27.2. The van der Waals surface area contributed by atoms with Crippen molar-refractivity contribution >= 4 is 59.0 Å². The van der Waals surface area contributed by atoms with Gasteiger partial charge in [-0.05, 0) is 13.8 Å². The fourth-order valence-electron chi connectivity index (χ4n) is 2.73. The number of thioether (sulfide) groups is 4. The maximum absolute atomic E-state index is 12.2. The molecule has 0 unspecified atom stereocenters. The number of rotatable bonds is 6. The molecule has 3 rings (SSSR count). The zero-order valence-electron chi connectivity index (χ0n) is 17.4. The lowest BCUT2D eigenvalue weighted by Crippen LogP contribution is -2.07. The molecule has 0 radical (unpaired) electrons. The van der Waals surface area contributed by atoms with E-state index in [9.17, 15) is 20.1 Å². The summed E-state index contributed by atoms with van der Waals surface area (Å²) in [5.74, 6) is -0.355. The van der Waals surface area contributed by atoms with Crippen LogP contribution in [0.4, 0.5) is 0 Å². The normalized spacial score (nSPS) is 13.4. The first-order chi connectivity index (χ1) is 15.4. The summed E-state index contributed by atoms with van der Waals surface area (Å²) in [7, 11) is 3.02. The summed E-state index contributed by atoms with van der Waals surface area (Å²) in [6.45, 7) is 3.65. The van der Waals surface area contributed by atoms with Gasteiger partial charge >= 0.3 is 11.9 Å². The van der Waals surface area contributed by atoms with Gasteiger partial charge in [0.2, 0.25) is 0 Å². The first kappa shape index (κ1) is 24.3. The number of nitrogens with zero attached hydrogens (tertiary/aromatic N) is 2. The van der Waals surface area contributed by atoms with Crippen molar-refractivity contribution in [3.8, 4) is 23.6 Å². The van der Waals surface area contributed by atoms with Crippen molar-refractivity contribution in [2.45, 2.75) is 33.4 Å². The number of methoxy groups -OCH3 is 2. The number of esters is 2. The third-order valence-corrected chi connectivity index (χ3v) is 9.21. The molecule has 0 aromatic heterocycles. The maximum atomic E-state index is 12.2. The van der Waals surface area contributed by atoms with E-state index in [1.165, 1.54) is 61.3 Å². The lowest BCUT2D eigenvalue weighted by molar-refractivity contribution is -0.138. The lowest BCUT2D eigenvalue weighted by Gasteiger charge is -2.14. The van der Waals surface area contributed by atoms with E-state index < -0.39 is 11.9 Å². The van der Waals surface area contributed by atoms with Gasteiger partial charge in [0.1, 0.15) is 23.6 Å². The summed E-state index contributed by atoms with van der Waals surface area (Å²) < 4.78 is 22.3. The van der Waals surface area contributed by atoms with Crippen LogP contribution in [0, 0.1) is 22.7 Å². The first-order valence-corrected chi connectivity index (χ1v) is 12.4. The molecule has 2 aliphatic heterocycles. The van der Waals surface area contributed by atoms with E-state index in [1.54, 1.807) is 13.8 Å². The molecule has 8 nitrogen and oxygen atoms in total. The van der Waals surface area contributed by atoms with Crippen LogP contribution in [-0.2, 0) is 19.1 Å². The predicted octanol–water partition coefficient (Wildman–Crippen LogP) is 4.70. The highest BCUT2D eigenvalue weighted by molar-refractivity contribution is 8.26. The minimum Gasteiger partial charge on any atom is -0.494 e. The SMILES string of the molecule is CCOC(=O)C(C#N)=C1Sc2c(OC)c3c(c(OC)c2S1)SC(=C(C#N)C(=O)OCC)S3. The minimum absolute atomic E-state index is 0.0858. The predicted molar refractivity (Wildman–Crippen MR) is 122 cm³/mol. The van der Waals surface area contributed by atoms with Gasteiger partial charge in [-0.25, -0.2) is 9.59 Å². The third-order valence-electron chi connectivity index (χ3n) is 4.02. The van der Waals surface area contributed by atoms with Gasteiger partial charge in [-0.15, -0.1) is 0 Å². The average Bonchev–Trinajstić information content (AvgIpc) is 3.38. The van der Waals surface area contributed by atoms with Crippen LogP contribution in [0.15, 0.2) is 39.2 Å². The summed E-state index contributed by atoms with van der Waals surface area (Å²) in [6, 6.07) is 3.85. The van der Waals surface area contributed by atoms with E-state index in [0.29, 0.717) is 39.6 Å². The third kappa shape index (κ3) is 4.28. The van der Waals surface area contributed by atoms with E-state index in [0.717, 1.165) is 0 Å². The van der Waals surface area contributed by atoms with Crippen LogP contribution >= 0.6 is 47.0 Å². The van der Waals surface area contributed by atoms with Crippen molar-refractivity contribution < 1.29 is 28.5 Å². The molecule has 12 heteroatoms. The zero-order valence-corrected chi connectivity index (χ0v) is 20.7. The Morgan fingerprint density at radius 1 is 0.719 bits per heavy atom. The molecule has 0 spiro atoms. The van der Waals surface area contributed by atoms with Gasteiger partial charge < -0.3 is 18.9 Å². The second-order valence-corrected chi connectivity index (χ2v) is 10.4. The highest BCUT2D eigenvalue weighted by Gasteiger charge is 2.39. The largest absolute Gasteiger partial charge is 0.494 e. The topological polar surface area (TPSA) is 119 Å². The minimum atomic E-state index is -0.689. The molecule has 0 amide bonds. The van der Waals surface area contributed by atoms with Gasteiger partial charge in [-0.3, -0.25) is 0 Å². The van der Waals surface area contributed by atoms with Crippen molar-refractivity contribution in [2.24, 2.45) is 0 Å². The molecular weight excluding hydrogens is 492 g/mol. The quantitative estimate of drug-likeness (QED) is 0.301. The van der Waals surface area contributed by atoms with Crippen molar-refractivity contribution in [2.75, 3.05) is 27.4 Å². The zero-order chi connectivity index (χ0) is 23.4. The Morgan fingerprint density at radius 3 is 1.25 bits per heavy atom. The Labute approximate surface area is 201 Å². The van der Waals surface area contributed by atoms with Crippen LogP contribution in [0.25, 0.3) is 0 Å². The second-order valence-electron chi connectivity index (χ2n) is 5.78. The Balaban J connectivity index is 2.13. The van der Waals surface area contributed by atoms with Crippen molar-refractivity contribution in [3.63, 3.8) is 0 Å². The van der Waals surface area contributed by atoms with E-state index in [2.05, 4.69) is 0 Å². The maximum Gasteiger partial charge on any atom is 0.350 e. The summed E-state index contributed by atoms with van der Waals surface area (Å²) in [6.07, 6.45) is 0. The highest BCUT2D eigenvalue weighted by atomic mass is 32.2. The standard InChI is InChI=1S/C20H16N2O6S4/c1-5-27-17(23)9(7-21)19-29-13-11(25-3)15-16(12(26-4)14(13)30-19)32-20(31-15)10(8-22)18(24)28-6-2/h5-6H2,1-4H3. The van der Waals surface area contributed by atoms with E-state index in [4.69, 9.17) is 18.9 Å². The van der Waals surface area contributed by atoms with Gasteiger partial charge in [-0.2, -0.15) is 10.5 Å². The second kappa shape index (κ2) is 10.5. The number of nitriles is 2. The monoisotopic (exact) mass is 508 g/mol. The molecule has 32 heavy (non-hydrogen) atoms. The number of ether oxygens (including phenoxy) is 4. The van der Waals surface area contributed by atoms with Crippen LogP contribution < -0.4 is 9.47 Å². The van der Waals surface area contributed by atoms with E-state index in [1.807, 2.05) is 12.1 Å². The van der Waals surface area contributed by atoms with Crippen LogP contribution in [0.1, 0.15) is 13.8 Å². The molecule has 0 saturated carbocycles. The Kier molecular flexibility index (Phi) is 7.96. The van der Waals surface area contributed by atoms with Crippen molar-refractivity contribution in [1.82, 2.24) is 0 Å². The molecule has 0 fully saturated rings. The highest BCUT2D eigenvalue weighted by Crippen LogP contribution is 2.68. The number of benzene rings is 1. The average molecular weight is 509 g/mol. The van der Waals surface area contributed by atoms with E-state index >= 15 is 0 Å². The molecule has 166 valence electrons. The van der Waals surface area contributed by atoms with Gasteiger partial charge in [0, 0.05) is 0 Å². The van der Waals surface area contributed by atoms with Gasteiger partial charge in [0.15, 0.2) is 11.1 Å². The first-order valence-electron chi connectivity index (χ1n) is 9.11. The van der Waals surface area contributed by atoms with Gasteiger partial charge in [-0.1, -0.05) is 47.0 Å². The summed E-state index contributed by atoms with van der Waals surface area (Å²) in [5.41, 5.74) is -0.172. The lowest BCUT2D eigenvalue weighted by atomic mass is 10.3. The number of hydrogen-bond donors (Lipinski definition) is 0. The molecule has 1 aromatic carbocycles. The molecule has 2 heterocycles. The van der Waals surface area contributed by atoms with E-state index in [-0.39, 0.29) is 24.4 Å². The summed E-state index contributed by atoms with van der Waals surface area (Å²) >= 11 is 4.87. The number of carbonyl (C=O) groups excluding carboxylic acids is 2. The molecule has 1 aromatic rings. The number of hydrogen-bond acceptors (Lipinski definition) is 12. The molecule has 2 aliphatic rings. The Hall–Kier alpha value is -2.38. The van der Waals surface area contributed by atoms with Crippen molar-refractivity contribution in [1.29, 1.82) is 10.5 Å². The molecule has 0 N–H and O–H groups in total. The van der Waals surface area contributed by atoms with Crippen LogP contribution in [0.2, 0.25) is 0 Å². The fourth-order valence-corrected chi connectivity index (χ4v) is 8.21. The molecule has 0 atom stereocenters. The van der Waals surface area contributed by atoms with Crippen molar-refractivity contribution in [3.05, 3.63) is 19.6 Å². The van der Waals surface area contributed by atoms with Crippen LogP contribution in [0.3, 0.4) is 0 Å². The number of fused-ring (bicyclic) bond motifs is 2. The fraction of sp³-hybridized carbons (Fsp3) is 0.300. The number of carbonyl (C=O) groups is 2. The van der Waals surface area contributed by atoms with Gasteiger partial charge in [0.05, 0.1) is 55.5 Å². The Morgan fingerprint density at radius 2 is 1.03 bits per heavy atom. The molecule has 0 aliphatic carbocycles.